The summed E-state index contributed by atoms with van der Waals surface area (Å²) in [6.45, 7) is 0. The average molecular weight is 315 g/mol. The van der Waals surface area contributed by atoms with Gasteiger partial charge in [0.05, 0.1) is 27.8 Å². The van der Waals surface area contributed by atoms with E-state index in [-0.39, 0.29) is 18.3 Å². The first-order valence-corrected chi connectivity index (χ1v) is 7.13. The lowest BCUT2D eigenvalue weighted by atomic mass is 9.86. The van der Waals surface area contributed by atoms with Crippen molar-refractivity contribution in [3.8, 4) is 23.0 Å². The molecular weight excluding hydrogens is 298 g/mol. The molecule has 0 aliphatic carbocycles. The maximum atomic E-state index is 12.0. The first kappa shape index (κ1) is 15.1. The zero-order valence-electron chi connectivity index (χ0n) is 13.2. The summed E-state index contributed by atoms with van der Waals surface area (Å²) >= 11 is 0. The fourth-order valence-corrected chi connectivity index (χ4v) is 2.88. The zero-order valence-corrected chi connectivity index (χ0v) is 13.2. The maximum absolute atomic E-state index is 12.0. The second-order valence-electron chi connectivity index (χ2n) is 5.07. The summed E-state index contributed by atoms with van der Waals surface area (Å²) in [5.41, 5.74) is 1.74. The van der Waals surface area contributed by atoms with Gasteiger partial charge in [-0.25, -0.2) is 0 Å². The summed E-state index contributed by atoms with van der Waals surface area (Å²) in [5.74, 6) is 1.38. The van der Waals surface area contributed by atoms with Crippen LogP contribution in [-0.4, -0.2) is 32.3 Å². The highest BCUT2D eigenvalue weighted by Gasteiger charge is 2.35. The van der Waals surface area contributed by atoms with Crippen molar-refractivity contribution in [2.45, 2.75) is 12.3 Å². The molecule has 0 fully saturated rings. The van der Waals surface area contributed by atoms with E-state index in [9.17, 15) is 4.79 Å². The molecule has 1 unspecified atom stereocenters. The van der Waals surface area contributed by atoms with Gasteiger partial charge >= 0.3 is 5.97 Å². The number of hydrogen-bond acceptors (Lipinski definition) is 6. The minimum Gasteiger partial charge on any atom is -0.493 e. The Kier molecular flexibility index (Phi) is 4.06. The van der Waals surface area contributed by atoms with Crippen LogP contribution in [0.4, 0.5) is 0 Å². The molecule has 3 rings (SSSR count). The molecule has 2 heterocycles. The monoisotopic (exact) mass is 315 g/mol. The summed E-state index contributed by atoms with van der Waals surface area (Å²) in [7, 11) is 4.62. The normalized spacial score (nSPS) is 16.3. The molecule has 23 heavy (non-hydrogen) atoms. The van der Waals surface area contributed by atoms with Gasteiger partial charge in [0.15, 0.2) is 11.5 Å². The molecule has 1 aromatic heterocycles. The Hall–Kier alpha value is -2.76. The molecule has 6 nitrogen and oxygen atoms in total. The first-order valence-electron chi connectivity index (χ1n) is 7.13. The van der Waals surface area contributed by atoms with Gasteiger partial charge in [0, 0.05) is 29.9 Å². The van der Waals surface area contributed by atoms with Crippen LogP contribution in [0.2, 0.25) is 0 Å². The third kappa shape index (κ3) is 2.56. The van der Waals surface area contributed by atoms with Crippen molar-refractivity contribution in [3.05, 3.63) is 41.7 Å². The highest BCUT2D eigenvalue weighted by Crippen LogP contribution is 2.52. The van der Waals surface area contributed by atoms with E-state index in [0.717, 1.165) is 11.1 Å². The Morgan fingerprint density at radius 2 is 1.78 bits per heavy atom. The molecule has 0 N–H and O–H groups in total. The molecule has 2 aromatic rings. The number of carbonyl (C=O) groups excluding carboxylic acids is 1. The van der Waals surface area contributed by atoms with Crippen LogP contribution in [-0.2, 0) is 4.79 Å². The van der Waals surface area contributed by atoms with Gasteiger partial charge < -0.3 is 18.9 Å². The highest BCUT2D eigenvalue weighted by molar-refractivity contribution is 5.80. The summed E-state index contributed by atoms with van der Waals surface area (Å²) in [6, 6.07) is 5.41. The molecule has 6 heteroatoms. The predicted molar refractivity (Wildman–Crippen MR) is 82.4 cm³/mol. The van der Waals surface area contributed by atoms with Crippen LogP contribution in [0, 0.1) is 0 Å². The number of benzene rings is 1. The lowest BCUT2D eigenvalue weighted by Crippen LogP contribution is -2.22. The van der Waals surface area contributed by atoms with Crippen molar-refractivity contribution in [1.29, 1.82) is 0 Å². The van der Waals surface area contributed by atoms with Crippen molar-refractivity contribution in [1.82, 2.24) is 4.98 Å². The van der Waals surface area contributed by atoms with E-state index >= 15 is 0 Å². The number of rotatable bonds is 4. The van der Waals surface area contributed by atoms with Crippen LogP contribution in [0.25, 0.3) is 0 Å². The van der Waals surface area contributed by atoms with E-state index in [1.54, 1.807) is 32.7 Å². The van der Waals surface area contributed by atoms with Gasteiger partial charge in [0.25, 0.3) is 0 Å². The largest absolute Gasteiger partial charge is 0.493 e. The summed E-state index contributed by atoms with van der Waals surface area (Å²) in [6.07, 6.45) is 3.62. The predicted octanol–water partition coefficient (Wildman–Crippen LogP) is 2.55. The lowest BCUT2D eigenvalue weighted by Gasteiger charge is -2.28. The third-order valence-electron chi connectivity index (χ3n) is 3.88. The number of carbonyl (C=O) groups is 1. The van der Waals surface area contributed by atoms with Gasteiger partial charge in [-0.05, 0) is 17.7 Å². The highest BCUT2D eigenvalue weighted by atomic mass is 16.5. The van der Waals surface area contributed by atoms with E-state index in [1.165, 1.54) is 7.11 Å². The Balaban J connectivity index is 2.25. The van der Waals surface area contributed by atoms with Crippen LogP contribution in [0.3, 0.4) is 0 Å². The fraction of sp³-hybridized carbons (Fsp3) is 0.294. The minimum absolute atomic E-state index is 0.191. The molecule has 1 atom stereocenters. The van der Waals surface area contributed by atoms with Gasteiger partial charge in [-0.2, -0.15) is 0 Å². The quantitative estimate of drug-likeness (QED) is 0.638. The molecular formula is C17H17NO5. The van der Waals surface area contributed by atoms with Crippen LogP contribution in [0.15, 0.2) is 30.6 Å². The van der Waals surface area contributed by atoms with Crippen molar-refractivity contribution in [2.75, 3.05) is 21.3 Å². The molecule has 0 bridgehead atoms. The molecule has 120 valence electrons. The smallest absolute Gasteiger partial charge is 0.312 e. The van der Waals surface area contributed by atoms with Crippen molar-refractivity contribution < 1.29 is 23.7 Å². The Labute approximate surface area is 134 Å². The molecule has 0 saturated heterocycles. The van der Waals surface area contributed by atoms with Gasteiger partial charge in [0.2, 0.25) is 5.75 Å². The number of methoxy groups -OCH3 is 3. The minimum atomic E-state index is -0.298. The van der Waals surface area contributed by atoms with Gasteiger partial charge in [-0.15, -0.1) is 0 Å². The standard InChI is InChI=1S/C17H17NO5/c1-20-13-9-12-15(17(22-3)16(13)21-2)11(8-14(19)23-12)10-4-6-18-7-5-10/h4-7,9,11H,8H2,1-3H3. The molecule has 0 saturated carbocycles. The van der Waals surface area contributed by atoms with Crippen molar-refractivity contribution in [2.24, 2.45) is 0 Å². The lowest BCUT2D eigenvalue weighted by molar-refractivity contribution is -0.135. The number of fused-ring (bicyclic) bond motifs is 1. The van der Waals surface area contributed by atoms with E-state index in [4.69, 9.17) is 18.9 Å². The van der Waals surface area contributed by atoms with Gasteiger partial charge in [-0.3, -0.25) is 9.78 Å². The van der Waals surface area contributed by atoms with E-state index in [2.05, 4.69) is 4.98 Å². The number of nitrogens with zero attached hydrogens (tertiary/aromatic N) is 1. The van der Waals surface area contributed by atoms with E-state index in [0.29, 0.717) is 23.0 Å². The Bertz CT molecular complexity index is 730. The number of esters is 1. The number of pyridine rings is 1. The summed E-state index contributed by atoms with van der Waals surface area (Å²) in [5, 5.41) is 0. The molecule has 0 radical (unpaired) electrons. The van der Waals surface area contributed by atoms with Gasteiger partial charge in [-0.1, -0.05) is 0 Å². The number of aromatic nitrogens is 1. The average Bonchev–Trinajstić information content (AvgIpc) is 2.59. The molecule has 0 spiro atoms. The van der Waals surface area contributed by atoms with Crippen LogP contribution in [0.5, 0.6) is 23.0 Å². The van der Waals surface area contributed by atoms with Gasteiger partial charge in [0.1, 0.15) is 5.75 Å². The van der Waals surface area contributed by atoms with E-state index in [1.807, 2.05) is 12.1 Å². The second-order valence-corrected chi connectivity index (χ2v) is 5.07. The van der Waals surface area contributed by atoms with Crippen LogP contribution < -0.4 is 18.9 Å². The first-order chi connectivity index (χ1) is 11.2. The number of hydrogen-bond donors (Lipinski definition) is 0. The number of ether oxygens (including phenoxy) is 4. The Morgan fingerprint density at radius 3 is 2.39 bits per heavy atom. The fourth-order valence-electron chi connectivity index (χ4n) is 2.88. The molecule has 1 aromatic carbocycles. The SMILES string of the molecule is COc1cc2c(c(OC)c1OC)C(c1ccncc1)CC(=O)O2. The third-order valence-corrected chi connectivity index (χ3v) is 3.88. The van der Waals surface area contributed by atoms with Crippen molar-refractivity contribution >= 4 is 5.97 Å². The Morgan fingerprint density at radius 1 is 1.09 bits per heavy atom. The topological polar surface area (TPSA) is 66.9 Å². The molecule has 0 amide bonds. The second kappa shape index (κ2) is 6.16. The summed E-state index contributed by atoms with van der Waals surface area (Å²) < 4.78 is 21.7. The van der Waals surface area contributed by atoms with E-state index < -0.39 is 0 Å². The van der Waals surface area contributed by atoms with Crippen LogP contribution in [0.1, 0.15) is 23.5 Å². The zero-order chi connectivity index (χ0) is 16.4. The van der Waals surface area contributed by atoms with Crippen LogP contribution >= 0.6 is 0 Å². The molecule has 1 aliphatic heterocycles. The summed E-state index contributed by atoms with van der Waals surface area (Å²) in [4.78, 5) is 16.0. The van der Waals surface area contributed by atoms with Crippen molar-refractivity contribution in [3.63, 3.8) is 0 Å². The maximum Gasteiger partial charge on any atom is 0.312 e. The molecule has 1 aliphatic rings.